The number of aromatic nitrogens is 4. The van der Waals surface area contributed by atoms with Gasteiger partial charge in [0.25, 0.3) is 5.91 Å². The first-order valence-electron chi connectivity index (χ1n) is 8.55. The Bertz CT molecular complexity index is 941. The molecule has 0 aliphatic rings. The van der Waals surface area contributed by atoms with Gasteiger partial charge in [-0.05, 0) is 31.0 Å². The Labute approximate surface area is 152 Å². The lowest BCUT2D eigenvalue weighted by Gasteiger charge is -2.28. The van der Waals surface area contributed by atoms with Gasteiger partial charge in [-0.15, -0.1) is 5.10 Å². The molecule has 2 N–H and O–H groups in total. The van der Waals surface area contributed by atoms with Crippen molar-refractivity contribution in [1.82, 2.24) is 24.9 Å². The second kappa shape index (κ2) is 6.84. The monoisotopic (exact) mass is 352 g/mol. The van der Waals surface area contributed by atoms with Gasteiger partial charge in [-0.2, -0.15) is 0 Å². The third-order valence-electron chi connectivity index (χ3n) is 4.55. The van der Waals surface area contributed by atoms with Crippen molar-refractivity contribution < 1.29 is 4.79 Å². The highest BCUT2D eigenvalue weighted by atomic mass is 16.2. The summed E-state index contributed by atoms with van der Waals surface area (Å²) in [5.74, 6) is -0.155. The van der Waals surface area contributed by atoms with Crippen LogP contribution in [-0.4, -0.2) is 50.9 Å². The highest BCUT2D eigenvalue weighted by Crippen LogP contribution is 2.23. The van der Waals surface area contributed by atoms with Crippen LogP contribution in [0.25, 0.3) is 16.5 Å². The first-order chi connectivity index (χ1) is 12.3. The molecule has 0 spiro atoms. The third kappa shape index (κ3) is 3.30. The number of fused-ring (bicyclic) bond motifs is 1. The minimum absolute atomic E-state index is 0.155. The summed E-state index contributed by atoms with van der Waals surface area (Å²) in [4.78, 5) is 18.6. The lowest BCUT2D eigenvalue weighted by atomic mass is 9.93. The van der Waals surface area contributed by atoms with E-state index in [2.05, 4.69) is 15.3 Å². The fourth-order valence-electron chi connectivity index (χ4n) is 3.00. The molecule has 0 aliphatic heterocycles. The van der Waals surface area contributed by atoms with E-state index in [0.29, 0.717) is 24.5 Å². The maximum absolute atomic E-state index is 12.8. The van der Waals surface area contributed by atoms with E-state index in [4.69, 9.17) is 5.73 Å². The van der Waals surface area contributed by atoms with Gasteiger partial charge in [0, 0.05) is 36.8 Å². The van der Waals surface area contributed by atoms with E-state index in [1.165, 1.54) is 0 Å². The lowest BCUT2D eigenvalue weighted by molar-refractivity contribution is 0.0734. The Morgan fingerprint density at radius 1 is 1.31 bits per heavy atom. The Kier molecular flexibility index (Phi) is 4.73. The summed E-state index contributed by atoms with van der Waals surface area (Å²) in [6.45, 7) is 6.97. The smallest absolute Gasteiger partial charge is 0.276 e. The number of hydrogen-bond acceptors (Lipinski definition) is 5. The predicted molar refractivity (Wildman–Crippen MR) is 101 cm³/mol. The molecule has 0 saturated carbocycles. The van der Waals surface area contributed by atoms with E-state index in [-0.39, 0.29) is 11.3 Å². The Balaban J connectivity index is 1.96. The summed E-state index contributed by atoms with van der Waals surface area (Å²) in [5.41, 5.74) is 7.56. The molecule has 3 aromatic rings. The maximum Gasteiger partial charge on any atom is 0.276 e. The van der Waals surface area contributed by atoms with Crippen molar-refractivity contribution in [3.8, 4) is 5.69 Å². The van der Waals surface area contributed by atoms with Crippen LogP contribution in [-0.2, 0) is 0 Å². The number of carbonyl (C=O) groups excluding carboxylic acids is 1. The van der Waals surface area contributed by atoms with Crippen molar-refractivity contribution in [1.29, 1.82) is 0 Å². The van der Waals surface area contributed by atoms with Gasteiger partial charge in [-0.25, -0.2) is 4.68 Å². The van der Waals surface area contributed by atoms with E-state index in [1.54, 1.807) is 29.0 Å². The van der Waals surface area contributed by atoms with Crippen LogP contribution >= 0.6 is 0 Å². The van der Waals surface area contributed by atoms with E-state index in [0.717, 1.165) is 16.5 Å². The number of benzene rings is 1. The average molecular weight is 352 g/mol. The molecule has 3 rings (SSSR count). The molecule has 136 valence electrons. The molecular formula is C19H24N6O. The fraction of sp³-hybridized carbons (Fsp3) is 0.368. The van der Waals surface area contributed by atoms with Crippen LogP contribution in [0.3, 0.4) is 0 Å². The zero-order chi connectivity index (χ0) is 18.9. The van der Waals surface area contributed by atoms with Gasteiger partial charge in [0.1, 0.15) is 0 Å². The first kappa shape index (κ1) is 18.0. The third-order valence-corrected chi connectivity index (χ3v) is 4.55. The standard InChI is InChI=1S/C19H24N6O/c1-13-17(18(26)24(4)12-19(2,3)11-20)22-23-25(13)16-7-5-6-14-10-21-9-8-15(14)16/h5-10H,11-12,20H2,1-4H3. The second-order valence-electron chi connectivity index (χ2n) is 7.34. The highest BCUT2D eigenvalue weighted by molar-refractivity contribution is 5.94. The van der Waals surface area contributed by atoms with Crippen LogP contribution in [0.2, 0.25) is 0 Å². The summed E-state index contributed by atoms with van der Waals surface area (Å²) < 4.78 is 1.71. The van der Waals surface area contributed by atoms with Crippen molar-refractivity contribution in [3.63, 3.8) is 0 Å². The minimum atomic E-state index is -0.156. The molecule has 2 heterocycles. The zero-order valence-electron chi connectivity index (χ0n) is 15.6. The summed E-state index contributed by atoms with van der Waals surface area (Å²) in [5, 5.41) is 10.4. The van der Waals surface area contributed by atoms with Gasteiger partial charge >= 0.3 is 0 Å². The normalized spacial score (nSPS) is 11.7. The number of amides is 1. The van der Waals surface area contributed by atoms with Gasteiger partial charge in [0.05, 0.1) is 11.4 Å². The quantitative estimate of drug-likeness (QED) is 0.760. The van der Waals surface area contributed by atoms with E-state index in [9.17, 15) is 4.79 Å². The predicted octanol–water partition coefficient (Wildman–Crippen LogP) is 2.18. The van der Waals surface area contributed by atoms with Crippen molar-refractivity contribution in [3.05, 3.63) is 48.0 Å². The number of pyridine rings is 1. The second-order valence-corrected chi connectivity index (χ2v) is 7.34. The molecule has 0 saturated heterocycles. The summed E-state index contributed by atoms with van der Waals surface area (Å²) in [7, 11) is 1.77. The summed E-state index contributed by atoms with van der Waals surface area (Å²) >= 11 is 0. The van der Waals surface area contributed by atoms with Crippen LogP contribution in [0.5, 0.6) is 0 Å². The minimum Gasteiger partial charge on any atom is -0.340 e. The van der Waals surface area contributed by atoms with Crippen molar-refractivity contribution in [2.24, 2.45) is 11.1 Å². The van der Waals surface area contributed by atoms with Crippen LogP contribution in [0, 0.1) is 12.3 Å². The van der Waals surface area contributed by atoms with Crippen molar-refractivity contribution >= 4 is 16.7 Å². The fourth-order valence-corrected chi connectivity index (χ4v) is 3.00. The first-order valence-corrected chi connectivity index (χ1v) is 8.55. The Hall–Kier alpha value is -2.80. The highest BCUT2D eigenvalue weighted by Gasteiger charge is 2.26. The van der Waals surface area contributed by atoms with Gasteiger partial charge in [-0.1, -0.05) is 31.2 Å². The molecular weight excluding hydrogens is 328 g/mol. The molecule has 0 atom stereocenters. The van der Waals surface area contributed by atoms with Gasteiger partial charge in [0.15, 0.2) is 5.69 Å². The maximum atomic E-state index is 12.8. The molecule has 1 amide bonds. The van der Waals surface area contributed by atoms with Gasteiger partial charge in [0.2, 0.25) is 0 Å². The van der Waals surface area contributed by atoms with E-state index >= 15 is 0 Å². The molecule has 26 heavy (non-hydrogen) atoms. The zero-order valence-corrected chi connectivity index (χ0v) is 15.6. The molecule has 0 radical (unpaired) electrons. The number of nitrogens with zero attached hydrogens (tertiary/aromatic N) is 5. The van der Waals surface area contributed by atoms with E-state index in [1.807, 2.05) is 45.0 Å². The average Bonchev–Trinajstić information content (AvgIpc) is 3.01. The lowest BCUT2D eigenvalue weighted by Crippen LogP contribution is -2.40. The van der Waals surface area contributed by atoms with Crippen LogP contribution in [0.15, 0.2) is 36.7 Å². The molecule has 1 aromatic carbocycles. The number of carbonyl (C=O) groups is 1. The molecule has 7 heteroatoms. The summed E-state index contributed by atoms with van der Waals surface area (Å²) in [6.07, 6.45) is 3.55. The molecule has 0 aliphatic carbocycles. The van der Waals surface area contributed by atoms with Crippen molar-refractivity contribution in [2.75, 3.05) is 20.1 Å². The Morgan fingerprint density at radius 2 is 2.08 bits per heavy atom. The van der Waals surface area contributed by atoms with Crippen LogP contribution in [0.4, 0.5) is 0 Å². The number of hydrogen-bond donors (Lipinski definition) is 1. The SMILES string of the molecule is Cc1c(C(=O)N(C)CC(C)(C)CN)nnn1-c1cccc2cnccc12. The topological polar surface area (TPSA) is 89.9 Å². The molecule has 7 nitrogen and oxygen atoms in total. The number of nitrogens with two attached hydrogens (primary N) is 1. The van der Waals surface area contributed by atoms with Crippen molar-refractivity contribution in [2.45, 2.75) is 20.8 Å². The van der Waals surface area contributed by atoms with Crippen LogP contribution in [0.1, 0.15) is 30.0 Å². The molecule has 0 unspecified atom stereocenters. The summed E-state index contributed by atoms with van der Waals surface area (Å²) in [6, 6.07) is 7.83. The van der Waals surface area contributed by atoms with Gasteiger partial charge in [-0.3, -0.25) is 9.78 Å². The number of rotatable bonds is 5. The van der Waals surface area contributed by atoms with Gasteiger partial charge < -0.3 is 10.6 Å². The largest absolute Gasteiger partial charge is 0.340 e. The molecule has 2 aromatic heterocycles. The molecule has 0 fully saturated rings. The molecule has 0 bridgehead atoms. The van der Waals surface area contributed by atoms with Crippen LogP contribution < -0.4 is 5.73 Å². The van der Waals surface area contributed by atoms with E-state index < -0.39 is 0 Å². The Morgan fingerprint density at radius 3 is 2.81 bits per heavy atom.